The van der Waals surface area contributed by atoms with Gasteiger partial charge in [0.15, 0.2) is 0 Å². The molecule has 0 radical (unpaired) electrons. The second-order valence-corrected chi connectivity index (χ2v) is 4.08. The van der Waals surface area contributed by atoms with E-state index in [1.54, 1.807) is 6.07 Å². The SMILES string of the molecule is NC(CC1(O)CNc2ccccc21)C(=O)O. The molecule has 0 aromatic heterocycles. The van der Waals surface area contributed by atoms with Gasteiger partial charge in [0.25, 0.3) is 0 Å². The van der Waals surface area contributed by atoms with Crippen LogP contribution in [0, 0.1) is 0 Å². The van der Waals surface area contributed by atoms with Gasteiger partial charge in [-0.25, -0.2) is 0 Å². The van der Waals surface area contributed by atoms with Crippen molar-refractivity contribution in [3.63, 3.8) is 0 Å². The molecule has 0 aliphatic carbocycles. The Morgan fingerprint density at radius 1 is 1.56 bits per heavy atom. The zero-order valence-corrected chi connectivity index (χ0v) is 8.68. The van der Waals surface area contributed by atoms with Crippen LogP contribution in [-0.2, 0) is 10.4 Å². The first-order valence-electron chi connectivity index (χ1n) is 5.07. The highest BCUT2D eigenvalue weighted by atomic mass is 16.4. The highest BCUT2D eigenvalue weighted by molar-refractivity contribution is 5.73. The van der Waals surface area contributed by atoms with Crippen molar-refractivity contribution in [1.82, 2.24) is 0 Å². The Kier molecular flexibility index (Phi) is 2.57. The monoisotopic (exact) mass is 222 g/mol. The lowest BCUT2D eigenvalue weighted by molar-refractivity contribution is -0.140. The second-order valence-electron chi connectivity index (χ2n) is 4.08. The molecule has 5 N–H and O–H groups in total. The van der Waals surface area contributed by atoms with Gasteiger partial charge in [0.2, 0.25) is 0 Å². The van der Waals surface area contributed by atoms with Crippen LogP contribution in [0.5, 0.6) is 0 Å². The van der Waals surface area contributed by atoms with Gasteiger partial charge in [0, 0.05) is 24.2 Å². The molecule has 1 aromatic carbocycles. The molecule has 2 unspecified atom stereocenters. The maximum absolute atomic E-state index is 10.7. The Hall–Kier alpha value is -1.59. The molecule has 2 rings (SSSR count). The molecule has 1 heterocycles. The van der Waals surface area contributed by atoms with Gasteiger partial charge in [-0.15, -0.1) is 0 Å². The third-order valence-electron chi connectivity index (χ3n) is 2.87. The van der Waals surface area contributed by atoms with Crippen LogP contribution in [0.25, 0.3) is 0 Å². The number of anilines is 1. The maximum Gasteiger partial charge on any atom is 0.320 e. The average molecular weight is 222 g/mol. The number of hydrogen-bond donors (Lipinski definition) is 4. The third kappa shape index (κ3) is 1.75. The van der Waals surface area contributed by atoms with Crippen molar-refractivity contribution in [2.75, 3.05) is 11.9 Å². The van der Waals surface area contributed by atoms with Crippen molar-refractivity contribution in [1.29, 1.82) is 0 Å². The first-order valence-corrected chi connectivity index (χ1v) is 5.07. The largest absolute Gasteiger partial charge is 0.480 e. The minimum Gasteiger partial charge on any atom is -0.480 e. The molecule has 1 aliphatic heterocycles. The van der Waals surface area contributed by atoms with Crippen molar-refractivity contribution in [2.24, 2.45) is 5.73 Å². The Labute approximate surface area is 92.9 Å². The summed E-state index contributed by atoms with van der Waals surface area (Å²) in [6, 6.07) is 6.24. The van der Waals surface area contributed by atoms with E-state index < -0.39 is 17.6 Å². The predicted octanol–water partition coefficient (Wildman–Crippen LogP) is 0.102. The van der Waals surface area contributed by atoms with Gasteiger partial charge in [-0.3, -0.25) is 4.79 Å². The fraction of sp³-hybridized carbons (Fsp3) is 0.364. The number of carbonyl (C=O) groups is 1. The van der Waals surface area contributed by atoms with Crippen molar-refractivity contribution in [3.05, 3.63) is 29.8 Å². The van der Waals surface area contributed by atoms with Gasteiger partial charge in [0.1, 0.15) is 11.6 Å². The fourth-order valence-electron chi connectivity index (χ4n) is 2.01. The number of fused-ring (bicyclic) bond motifs is 1. The van der Waals surface area contributed by atoms with Crippen LogP contribution in [0.4, 0.5) is 5.69 Å². The van der Waals surface area contributed by atoms with E-state index in [0.717, 1.165) is 5.69 Å². The summed E-state index contributed by atoms with van der Waals surface area (Å²) < 4.78 is 0. The first kappa shape index (κ1) is 10.9. The van der Waals surface area contributed by atoms with Crippen LogP contribution in [0.1, 0.15) is 12.0 Å². The van der Waals surface area contributed by atoms with Crippen molar-refractivity contribution >= 4 is 11.7 Å². The van der Waals surface area contributed by atoms with Gasteiger partial charge in [-0.1, -0.05) is 18.2 Å². The van der Waals surface area contributed by atoms with E-state index in [4.69, 9.17) is 10.8 Å². The molecule has 0 saturated heterocycles. The number of β-amino-alcohol motifs (C(OH)–C–C–N with tert-alkyl or cyclic N) is 1. The standard InChI is InChI=1S/C11H14N2O3/c12-8(10(14)15)5-11(16)6-13-9-4-2-1-3-7(9)11/h1-4,8,13,16H,5-6,12H2,(H,14,15). The molecule has 2 atom stereocenters. The van der Waals surface area contributed by atoms with Gasteiger partial charge in [0.05, 0.1) is 0 Å². The van der Waals surface area contributed by atoms with Crippen LogP contribution in [0.3, 0.4) is 0 Å². The summed E-state index contributed by atoms with van der Waals surface area (Å²) in [7, 11) is 0. The molecule has 0 amide bonds. The molecule has 0 bridgehead atoms. The smallest absolute Gasteiger partial charge is 0.320 e. The second kappa shape index (κ2) is 3.77. The molecular formula is C11H14N2O3. The quantitative estimate of drug-likeness (QED) is 0.582. The average Bonchev–Trinajstić information content (AvgIpc) is 2.57. The summed E-state index contributed by atoms with van der Waals surface area (Å²) in [5.41, 5.74) is 5.82. The van der Waals surface area contributed by atoms with Crippen LogP contribution >= 0.6 is 0 Å². The van der Waals surface area contributed by atoms with Crippen molar-refractivity contribution < 1.29 is 15.0 Å². The number of rotatable bonds is 3. The van der Waals surface area contributed by atoms with E-state index in [0.29, 0.717) is 12.1 Å². The van der Waals surface area contributed by atoms with E-state index in [-0.39, 0.29) is 6.42 Å². The summed E-state index contributed by atoms with van der Waals surface area (Å²) in [5.74, 6) is -1.10. The van der Waals surface area contributed by atoms with E-state index in [9.17, 15) is 9.90 Å². The Morgan fingerprint density at radius 2 is 2.25 bits per heavy atom. The lowest BCUT2D eigenvalue weighted by Gasteiger charge is -2.24. The Morgan fingerprint density at radius 3 is 2.94 bits per heavy atom. The molecule has 1 aliphatic rings. The predicted molar refractivity (Wildman–Crippen MR) is 59.1 cm³/mol. The summed E-state index contributed by atoms with van der Waals surface area (Å²) in [6.07, 6.45) is 0.00630. The molecule has 5 nitrogen and oxygen atoms in total. The van der Waals surface area contributed by atoms with Gasteiger partial charge in [-0.2, -0.15) is 0 Å². The van der Waals surface area contributed by atoms with Crippen molar-refractivity contribution in [3.8, 4) is 0 Å². The van der Waals surface area contributed by atoms with Crippen LogP contribution in [-0.4, -0.2) is 28.8 Å². The normalized spacial score (nSPS) is 24.6. The third-order valence-corrected chi connectivity index (χ3v) is 2.87. The van der Waals surface area contributed by atoms with Crippen LogP contribution < -0.4 is 11.1 Å². The number of nitrogens with two attached hydrogens (primary N) is 1. The molecule has 0 spiro atoms. The summed E-state index contributed by atoms with van der Waals surface area (Å²) in [5, 5.41) is 22.1. The molecule has 0 saturated carbocycles. The zero-order chi connectivity index (χ0) is 11.8. The number of carboxylic acid groups (broad SMARTS) is 1. The molecule has 86 valence electrons. The van der Waals surface area contributed by atoms with Gasteiger partial charge in [-0.05, 0) is 6.07 Å². The maximum atomic E-state index is 10.7. The minimum absolute atomic E-state index is 0.00630. The summed E-state index contributed by atoms with van der Waals surface area (Å²) in [6.45, 7) is 0.299. The zero-order valence-electron chi connectivity index (χ0n) is 8.68. The van der Waals surface area contributed by atoms with Crippen LogP contribution in [0.2, 0.25) is 0 Å². The number of para-hydroxylation sites is 1. The highest BCUT2D eigenvalue weighted by Gasteiger charge is 2.39. The number of hydrogen-bond acceptors (Lipinski definition) is 4. The summed E-state index contributed by atoms with van der Waals surface area (Å²) >= 11 is 0. The fourth-order valence-corrected chi connectivity index (χ4v) is 2.01. The first-order chi connectivity index (χ1) is 7.53. The van der Waals surface area contributed by atoms with Gasteiger partial charge >= 0.3 is 5.97 Å². The van der Waals surface area contributed by atoms with Crippen molar-refractivity contribution in [2.45, 2.75) is 18.1 Å². The van der Waals surface area contributed by atoms with E-state index in [2.05, 4.69) is 5.32 Å². The number of benzene rings is 1. The van der Waals surface area contributed by atoms with E-state index in [1.165, 1.54) is 0 Å². The highest BCUT2D eigenvalue weighted by Crippen LogP contribution is 2.37. The lowest BCUT2D eigenvalue weighted by atomic mass is 9.89. The molecular weight excluding hydrogens is 208 g/mol. The minimum atomic E-state index is -1.19. The molecule has 0 fully saturated rings. The molecule has 1 aromatic rings. The van der Waals surface area contributed by atoms with Crippen LogP contribution in [0.15, 0.2) is 24.3 Å². The van der Waals surface area contributed by atoms with Gasteiger partial charge < -0.3 is 21.3 Å². The molecule has 16 heavy (non-hydrogen) atoms. The molecule has 5 heteroatoms. The Bertz CT molecular complexity index is 421. The lowest BCUT2D eigenvalue weighted by Crippen LogP contribution is -2.40. The summed E-state index contributed by atoms with van der Waals surface area (Å²) in [4.78, 5) is 10.7. The van der Waals surface area contributed by atoms with E-state index in [1.807, 2.05) is 18.2 Å². The number of nitrogens with one attached hydrogen (secondary N) is 1. The number of aliphatic carboxylic acids is 1. The topological polar surface area (TPSA) is 95.6 Å². The Balaban J connectivity index is 2.25. The van der Waals surface area contributed by atoms with E-state index >= 15 is 0 Å². The number of aliphatic hydroxyl groups is 1. The number of carboxylic acids is 1.